The topological polar surface area (TPSA) is 85.0 Å². The quantitative estimate of drug-likeness (QED) is 0.803. The summed E-state index contributed by atoms with van der Waals surface area (Å²) < 4.78 is 3.51. The van der Waals surface area contributed by atoms with E-state index in [1.54, 1.807) is 37.2 Å². The Labute approximate surface area is 142 Å². The molecule has 1 unspecified atom stereocenters. The molecule has 0 radical (unpaired) electrons. The molecule has 2 aromatic rings. The van der Waals surface area contributed by atoms with E-state index in [4.69, 9.17) is 0 Å². The molecular formula is C17H27N5O2. The van der Waals surface area contributed by atoms with Gasteiger partial charge in [-0.1, -0.05) is 20.8 Å². The maximum Gasteiger partial charge on any atom is 0.254 e. The summed E-state index contributed by atoms with van der Waals surface area (Å²) in [6.45, 7) is 8.79. The van der Waals surface area contributed by atoms with E-state index in [0.717, 1.165) is 18.7 Å². The molecule has 1 amide bonds. The van der Waals surface area contributed by atoms with Crippen LogP contribution in [0.5, 0.6) is 0 Å². The maximum atomic E-state index is 12.5. The Kier molecular flexibility index (Phi) is 5.43. The predicted molar refractivity (Wildman–Crippen MR) is 91.6 cm³/mol. The lowest BCUT2D eigenvalue weighted by Crippen LogP contribution is -2.38. The highest BCUT2D eigenvalue weighted by atomic mass is 16.3. The first-order chi connectivity index (χ1) is 11.2. The van der Waals surface area contributed by atoms with Gasteiger partial charge in [-0.2, -0.15) is 10.2 Å². The Morgan fingerprint density at radius 1 is 1.38 bits per heavy atom. The summed E-state index contributed by atoms with van der Waals surface area (Å²) in [4.78, 5) is 12.5. The number of nitrogens with zero attached hydrogens (tertiary/aromatic N) is 4. The number of amides is 1. The van der Waals surface area contributed by atoms with Crippen LogP contribution in [0.15, 0.2) is 18.6 Å². The molecule has 0 aliphatic carbocycles. The number of nitrogens with one attached hydrogen (secondary N) is 1. The molecular weight excluding hydrogens is 306 g/mol. The fraction of sp³-hybridized carbons (Fsp3) is 0.588. The molecule has 2 heterocycles. The minimum Gasteiger partial charge on any atom is -0.383 e. The van der Waals surface area contributed by atoms with Crippen molar-refractivity contribution in [2.24, 2.45) is 13.0 Å². The number of carbonyl (C=O) groups excluding carboxylic acids is 1. The van der Waals surface area contributed by atoms with Crippen LogP contribution in [-0.2, 0) is 25.6 Å². The molecule has 2 N–H and O–H groups in total. The van der Waals surface area contributed by atoms with Crippen molar-refractivity contribution in [3.63, 3.8) is 0 Å². The normalized spacial score (nSPS) is 14.0. The second kappa shape index (κ2) is 7.17. The van der Waals surface area contributed by atoms with Crippen molar-refractivity contribution in [1.29, 1.82) is 0 Å². The number of rotatable bonds is 7. The first-order valence-corrected chi connectivity index (χ1v) is 8.29. The van der Waals surface area contributed by atoms with Gasteiger partial charge in [0.25, 0.3) is 5.91 Å². The van der Waals surface area contributed by atoms with Crippen LogP contribution in [0.25, 0.3) is 0 Å². The first-order valence-electron chi connectivity index (χ1n) is 8.29. The Morgan fingerprint density at radius 2 is 2.08 bits per heavy atom. The smallest absolute Gasteiger partial charge is 0.254 e. The zero-order valence-electron chi connectivity index (χ0n) is 15.1. The Hall–Kier alpha value is -2.15. The molecule has 0 fully saturated rings. The third-order valence-electron chi connectivity index (χ3n) is 3.99. The Balaban J connectivity index is 2.08. The van der Waals surface area contributed by atoms with Crippen LogP contribution in [0.4, 0.5) is 0 Å². The Bertz CT molecular complexity index is 700. The lowest BCUT2D eigenvalue weighted by molar-refractivity contribution is 0.0525. The minimum absolute atomic E-state index is 0.107. The number of carbonyl (C=O) groups is 1. The molecule has 7 nitrogen and oxygen atoms in total. The molecule has 7 heteroatoms. The van der Waals surface area contributed by atoms with Gasteiger partial charge < -0.3 is 10.4 Å². The van der Waals surface area contributed by atoms with Crippen LogP contribution >= 0.6 is 0 Å². The van der Waals surface area contributed by atoms with Crippen molar-refractivity contribution in [2.45, 2.75) is 46.3 Å². The monoisotopic (exact) mass is 333 g/mol. The number of hydrogen-bond acceptors (Lipinski definition) is 4. The molecule has 0 saturated heterocycles. The van der Waals surface area contributed by atoms with Crippen molar-refractivity contribution >= 4 is 5.91 Å². The van der Waals surface area contributed by atoms with Crippen LogP contribution < -0.4 is 5.32 Å². The van der Waals surface area contributed by atoms with Gasteiger partial charge in [0.1, 0.15) is 5.60 Å². The molecule has 1 atom stereocenters. The zero-order valence-corrected chi connectivity index (χ0v) is 15.1. The van der Waals surface area contributed by atoms with Crippen LogP contribution in [-0.4, -0.2) is 37.1 Å². The molecule has 0 aliphatic rings. The summed E-state index contributed by atoms with van der Waals surface area (Å²) >= 11 is 0. The standard InChI is InChI=1S/C17H27N5O2/c1-6-15-14(8-20-22(15)9-12(2)3)16(23)18-11-17(4,24)13-7-19-21(5)10-13/h7-8,10,12,24H,6,9,11H2,1-5H3,(H,18,23). The largest absolute Gasteiger partial charge is 0.383 e. The van der Waals surface area contributed by atoms with Gasteiger partial charge >= 0.3 is 0 Å². The van der Waals surface area contributed by atoms with Gasteiger partial charge in [-0.15, -0.1) is 0 Å². The first kappa shape index (κ1) is 18.2. The average Bonchev–Trinajstić information content (AvgIpc) is 3.11. The summed E-state index contributed by atoms with van der Waals surface area (Å²) in [7, 11) is 1.79. The fourth-order valence-electron chi connectivity index (χ4n) is 2.63. The summed E-state index contributed by atoms with van der Waals surface area (Å²) in [6, 6.07) is 0. The predicted octanol–water partition coefficient (Wildman–Crippen LogP) is 1.47. The van der Waals surface area contributed by atoms with Crippen molar-refractivity contribution in [3.05, 3.63) is 35.4 Å². The molecule has 132 valence electrons. The van der Waals surface area contributed by atoms with Gasteiger partial charge in [0.05, 0.1) is 30.2 Å². The third-order valence-corrected chi connectivity index (χ3v) is 3.99. The van der Waals surface area contributed by atoms with Crippen LogP contribution in [0.3, 0.4) is 0 Å². The highest BCUT2D eigenvalue weighted by molar-refractivity contribution is 5.95. The van der Waals surface area contributed by atoms with Gasteiger partial charge in [-0.25, -0.2) is 0 Å². The van der Waals surface area contributed by atoms with E-state index in [2.05, 4.69) is 29.4 Å². The summed E-state index contributed by atoms with van der Waals surface area (Å²) in [6.07, 6.45) is 5.68. The van der Waals surface area contributed by atoms with E-state index in [-0.39, 0.29) is 12.5 Å². The van der Waals surface area contributed by atoms with E-state index < -0.39 is 5.60 Å². The molecule has 2 rings (SSSR count). The van der Waals surface area contributed by atoms with Crippen LogP contribution in [0.2, 0.25) is 0 Å². The molecule has 0 aliphatic heterocycles. The van der Waals surface area contributed by atoms with E-state index in [1.165, 1.54) is 0 Å². The molecule has 0 bridgehead atoms. The van der Waals surface area contributed by atoms with Crippen LogP contribution in [0.1, 0.15) is 49.3 Å². The number of hydrogen-bond donors (Lipinski definition) is 2. The second-order valence-corrected chi connectivity index (χ2v) is 6.79. The minimum atomic E-state index is -1.18. The van der Waals surface area contributed by atoms with E-state index in [0.29, 0.717) is 17.0 Å². The Morgan fingerprint density at radius 3 is 2.62 bits per heavy atom. The van der Waals surface area contributed by atoms with Crippen LogP contribution in [0, 0.1) is 5.92 Å². The lowest BCUT2D eigenvalue weighted by atomic mass is 9.99. The van der Waals surface area contributed by atoms with Gasteiger partial charge in [0, 0.05) is 25.4 Å². The number of aliphatic hydroxyl groups is 1. The summed E-state index contributed by atoms with van der Waals surface area (Å²) in [5.74, 6) is 0.239. The van der Waals surface area contributed by atoms with Crippen molar-refractivity contribution < 1.29 is 9.90 Å². The van der Waals surface area contributed by atoms with Gasteiger partial charge in [-0.3, -0.25) is 14.2 Å². The number of aromatic nitrogens is 4. The molecule has 2 aromatic heterocycles. The van der Waals surface area contributed by atoms with Gasteiger partial charge in [0.15, 0.2) is 0 Å². The highest BCUT2D eigenvalue weighted by Crippen LogP contribution is 2.19. The third kappa shape index (κ3) is 4.03. The number of aryl methyl sites for hydroxylation is 1. The van der Waals surface area contributed by atoms with Crippen molar-refractivity contribution in [1.82, 2.24) is 24.9 Å². The maximum absolute atomic E-state index is 12.5. The van der Waals surface area contributed by atoms with Crippen molar-refractivity contribution in [3.8, 4) is 0 Å². The van der Waals surface area contributed by atoms with Gasteiger partial charge in [-0.05, 0) is 19.3 Å². The second-order valence-electron chi connectivity index (χ2n) is 6.79. The van der Waals surface area contributed by atoms with Gasteiger partial charge in [0.2, 0.25) is 0 Å². The van der Waals surface area contributed by atoms with E-state index >= 15 is 0 Å². The SMILES string of the molecule is CCc1c(C(=O)NCC(C)(O)c2cnn(C)c2)cnn1CC(C)C. The molecule has 0 aromatic carbocycles. The fourth-order valence-corrected chi connectivity index (χ4v) is 2.63. The molecule has 24 heavy (non-hydrogen) atoms. The molecule has 0 spiro atoms. The zero-order chi connectivity index (χ0) is 17.9. The lowest BCUT2D eigenvalue weighted by Gasteiger charge is -2.22. The average molecular weight is 333 g/mol. The summed E-state index contributed by atoms with van der Waals surface area (Å²) in [5.41, 5.74) is 0.975. The molecule has 0 saturated carbocycles. The van der Waals surface area contributed by atoms with E-state index in [9.17, 15) is 9.90 Å². The van der Waals surface area contributed by atoms with Crippen molar-refractivity contribution in [2.75, 3.05) is 6.54 Å². The summed E-state index contributed by atoms with van der Waals surface area (Å²) in [5, 5.41) is 21.8. The highest BCUT2D eigenvalue weighted by Gasteiger charge is 2.26. The van der Waals surface area contributed by atoms with E-state index in [1.807, 2.05) is 11.6 Å².